The molecule has 2 aliphatic rings. The first kappa shape index (κ1) is 21.2. The smallest absolute Gasteiger partial charge is 0.306 e. The van der Waals surface area contributed by atoms with Crippen LogP contribution in [0.2, 0.25) is 0 Å². The van der Waals surface area contributed by atoms with Crippen molar-refractivity contribution in [3.05, 3.63) is 12.2 Å². The molecule has 3 nitrogen and oxygen atoms in total. The number of carbonyl (C=O) groups excluding carboxylic acids is 2. The zero-order valence-electron chi connectivity index (χ0n) is 16.9. The van der Waals surface area contributed by atoms with Gasteiger partial charge in [-0.2, -0.15) is 0 Å². The summed E-state index contributed by atoms with van der Waals surface area (Å²) in [5.74, 6) is 1.81. The van der Waals surface area contributed by atoms with Crippen molar-refractivity contribution in [1.82, 2.24) is 0 Å². The third kappa shape index (κ3) is 6.89. The molecule has 0 bridgehead atoms. The summed E-state index contributed by atoms with van der Waals surface area (Å²) < 4.78 is 5.80. The van der Waals surface area contributed by atoms with Gasteiger partial charge >= 0.3 is 5.97 Å². The molecule has 4 atom stereocenters. The molecule has 0 amide bonds. The van der Waals surface area contributed by atoms with E-state index in [0.29, 0.717) is 36.4 Å². The van der Waals surface area contributed by atoms with Crippen LogP contribution in [-0.4, -0.2) is 17.9 Å². The Labute approximate surface area is 160 Å². The van der Waals surface area contributed by atoms with Gasteiger partial charge < -0.3 is 4.74 Å². The number of esters is 1. The second kappa shape index (κ2) is 11.6. The number of fused-ring (bicyclic) bond motifs is 1. The Morgan fingerprint density at radius 2 is 1.96 bits per heavy atom. The zero-order chi connectivity index (χ0) is 18.8. The van der Waals surface area contributed by atoms with Crippen LogP contribution in [0.3, 0.4) is 0 Å². The maximum Gasteiger partial charge on any atom is 0.306 e. The molecule has 1 aliphatic heterocycles. The summed E-state index contributed by atoms with van der Waals surface area (Å²) in [5.41, 5.74) is 0. The van der Waals surface area contributed by atoms with Gasteiger partial charge in [0.25, 0.3) is 0 Å². The Hall–Kier alpha value is -1.12. The van der Waals surface area contributed by atoms with Gasteiger partial charge in [-0.15, -0.1) is 0 Å². The normalized spacial score (nSPS) is 30.5. The van der Waals surface area contributed by atoms with Crippen molar-refractivity contribution in [1.29, 1.82) is 0 Å². The second-order valence-electron chi connectivity index (χ2n) is 8.41. The largest absolute Gasteiger partial charge is 0.462 e. The minimum absolute atomic E-state index is 0.0358. The van der Waals surface area contributed by atoms with Crippen molar-refractivity contribution in [2.45, 2.75) is 103 Å². The van der Waals surface area contributed by atoms with E-state index in [2.05, 4.69) is 26.0 Å². The molecule has 0 aromatic heterocycles. The Bertz CT molecular complexity index is 468. The lowest BCUT2D eigenvalue weighted by Gasteiger charge is -2.25. The number of Topliss-reactive ketones (excluding diaryl/α,β-unsaturated/α-hetero) is 1. The Morgan fingerprint density at radius 1 is 1.15 bits per heavy atom. The number of hydrogen-bond donors (Lipinski definition) is 0. The molecule has 0 aromatic rings. The number of ketones is 1. The summed E-state index contributed by atoms with van der Waals surface area (Å²) in [4.78, 5) is 24.3. The van der Waals surface area contributed by atoms with Crippen molar-refractivity contribution >= 4 is 11.8 Å². The van der Waals surface area contributed by atoms with Crippen molar-refractivity contribution in [2.24, 2.45) is 17.8 Å². The average Bonchev–Trinajstić information content (AvgIpc) is 2.90. The first-order chi connectivity index (χ1) is 12.6. The lowest BCUT2D eigenvalue weighted by molar-refractivity contribution is -0.151. The average molecular weight is 363 g/mol. The summed E-state index contributed by atoms with van der Waals surface area (Å²) >= 11 is 0. The monoisotopic (exact) mass is 362 g/mol. The first-order valence-corrected chi connectivity index (χ1v) is 11.0. The fourth-order valence-corrected chi connectivity index (χ4v) is 4.72. The van der Waals surface area contributed by atoms with Gasteiger partial charge in [0.1, 0.15) is 11.9 Å². The minimum Gasteiger partial charge on any atom is -0.462 e. The molecule has 1 saturated carbocycles. The van der Waals surface area contributed by atoms with E-state index in [4.69, 9.17) is 4.74 Å². The van der Waals surface area contributed by atoms with Crippen LogP contribution in [0.15, 0.2) is 12.2 Å². The van der Waals surface area contributed by atoms with Gasteiger partial charge in [0.15, 0.2) is 0 Å². The SMILES string of the molecule is CCCCCCCC(=O)CC[C@@H]1[C@H]2C/C=C\CCCC(=O)O[C@H]2C[C@H]1C. The van der Waals surface area contributed by atoms with Gasteiger partial charge in [0, 0.05) is 25.2 Å². The topological polar surface area (TPSA) is 43.4 Å². The molecule has 0 N–H and O–H groups in total. The van der Waals surface area contributed by atoms with E-state index in [9.17, 15) is 9.59 Å². The molecule has 26 heavy (non-hydrogen) atoms. The minimum atomic E-state index is -0.0358. The molecule has 0 spiro atoms. The van der Waals surface area contributed by atoms with Gasteiger partial charge in [-0.1, -0.05) is 51.7 Å². The third-order valence-electron chi connectivity index (χ3n) is 6.29. The summed E-state index contributed by atoms with van der Waals surface area (Å²) in [6, 6.07) is 0. The van der Waals surface area contributed by atoms with E-state index in [1.165, 1.54) is 25.7 Å². The molecule has 0 aromatic carbocycles. The molecule has 148 valence electrons. The predicted octanol–water partition coefficient (Wildman–Crippen LogP) is 6.01. The van der Waals surface area contributed by atoms with Crippen LogP contribution in [0.1, 0.15) is 97.3 Å². The third-order valence-corrected chi connectivity index (χ3v) is 6.29. The van der Waals surface area contributed by atoms with Crippen LogP contribution in [0, 0.1) is 17.8 Å². The maximum absolute atomic E-state index is 12.3. The van der Waals surface area contributed by atoms with Crippen molar-refractivity contribution in [3.63, 3.8) is 0 Å². The lowest BCUT2D eigenvalue weighted by atomic mass is 9.83. The Kier molecular flexibility index (Phi) is 9.42. The highest BCUT2D eigenvalue weighted by atomic mass is 16.5. The van der Waals surface area contributed by atoms with Crippen molar-refractivity contribution in [2.75, 3.05) is 0 Å². The standard InChI is InChI=1S/C23H38O3/c1-3-4-5-6-9-12-19(24)15-16-20-18(2)17-22-21(20)13-10-7-8-11-14-23(25)26-22/h7,10,18,20-22H,3-6,8-9,11-17H2,1-2H3/b10-7-/t18-,20+,21-,22+/m1/s1. The van der Waals surface area contributed by atoms with Crippen LogP contribution in [0.25, 0.3) is 0 Å². The van der Waals surface area contributed by atoms with Crippen LogP contribution in [0.4, 0.5) is 0 Å². The molecule has 3 heteroatoms. The molecule has 1 aliphatic carbocycles. The fourth-order valence-electron chi connectivity index (χ4n) is 4.72. The fraction of sp³-hybridized carbons (Fsp3) is 0.826. The first-order valence-electron chi connectivity index (χ1n) is 11.0. The van der Waals surface area contributed by atoms with Crippen LogP contribution < -0.4 is 0 Å². The van der Waals surface area contributed by atoms with E-state index in [0.717, 1.165) is 44.9 Å². The highest BCUT2D eigenvalue weighted by Gasteiger charge is 2.42. The molecule has 0 saturated heterocycles. The highest BCUT2D eigenvalue weighted by Crippen LogP contribution is 2.44. The van der Waals surface area contributed by atoms with Gasteiger partial charge in [-0.25, -0.2) is 0 Å². The van der Waals surface area contributed by atoms with Crippen LogP contribution >= 0.6 is 0 Å². The summed E-state index contributed by atoms with van der Waals surface area (Å²) in [6.07, 6.45) is 17.3. The van der Waals surface area contributed by atoms with Crippen LogP contribution in [0.5, 0.6) is 0 Å². The molecular formula is C23H38O3. The number of rotatable bonds is 9. The number of hydrogen-bond acceptors (Lipinski definition) is 3. The van der Waals surface area contributed by atoms with E-state index >= 15 is 0 Å². The van der Waals surface area contributed by atoms with Gasteiger partial charge in [0.2, 0.25) is 0 Å². The maximum atomic E-state index is 12.3. The highest BCUT2D eigenvalue weighted by molar-refractivity contribution is 5.78. The summed E-state index contributed by atoms with van der Waals surface area (Å²) in [7, 11) is 0. The van der Waals surface area contributed by atoms with Gasteiger partial charge in [0.05, 0.1) is 0 Å². The predicted molar refractivity (Wildman–Crippen MR) is 106 cm³/mol. The van der Waals surface area contributed by atoms with Gasteiger partial charge in [-0.3, -0.25) is 9.59 Å². The summed E-state index contributed by atoms with van der Waals surface area (Å²) in [6.45, 7) is 4.48. The number of allylic oxidation sites excluding steroid dienone is 2. The summed E-state index contributed by atoms with van der Waals surface area (Å²) in [5, 5.41) is 0. The molecule has 1 heterocycles. The molecule has 2 rings (SSSR count). The van der Waals surface area contributed by atoms with E-state index < -0.39 is 0 Å². The molecular weight excluding hydrogens is 324 g/mol. The lowest BCUT2D eigenvalue weighted by Crippen LogP contribution is -2.26. The number of unbranched alkanes of at least 4 members (excludes halogenated alkanes) is 4. The van der Waals surface area contributed by atoms with Gasteiger partial charge in [-0.05, 0) is 50.4 Å². The number of ether oxygens (including phenoxy) is 1. The van der Waals surface area contributed by atoms with E-state index in [1.54, 1.807) is 0 Å². The second-order valence-corrected chi connectivity index (χ2v) is 8.41. The Balaban J connectivity index is 1.82. The van der Waals surface area contributed by atoms with E-state index in [1.807, 2.05) is 0 Å². The van der Waals surface area contributed by atoms with E-state index in [-0.39, 0.29) is 12.1 Å². The van der Waals surface area contributed by atoms with Crippen molar-refractivity contribution < 1.29 is 14.3 Å². The molecule has 1 fully saturated rings. The Morgan fingerprint density at radius 3 is 2.77 bits per heavy atom. The molecule has 0 unspecified atom stereocenters. The zero-order valence-corrected chi connectivity index (χ0v) is 16.9. The molecule has 0 radical (unpaired) electrons. The number of carbonyl (C=O) groups is 2. The van der Waals surface area contributed by atoms with Crippen molar-refractivity contribution in [3.8, 4) is 0 Å². The van der Waals surface area contributed by atoms with Crippen LogP contribution in [-0.2, 0) is 14.3 Å². The quantitative estimate of drug-likeness (QED) is 0.286.